The van der Waals surface area contributed by atoms with Crippen LogP contribution in [0.4, 0.5) is 0 Å². The van der Waals surface area contributed by atoms with Gasteiger partial charge in [-0.25, -0.2) is 4.79 Å². The van der Waals surface area contributed by atoms with Crippen molar-refractivity contribution in [1.29, 1.82) is 0 Å². The maximum atomic E-state index is 11.8. The van der Waals surface area contributed by atoms with E-state index in [-0.39, 0.29) is 12.6 Å². The fraction of sp³-hybridized carbons (Fsp3) is 0.806. The summed E-state index contributed by atoms with van der Waals surface area (Å²) in [5, 5.41) is 0. The second-order valence-corrected chi connectivity index (χ2v) is 11.0. The number of esters is 1. The molecule has 0 spiro atoms. The third-order valence-corrected chi connectivity index (χ3v) is 7.09. The molecule has 0 heterocycles. The van der Waals surface area contributed by atoms with Gasteiger partial charge in [-0.1, -0.05) is 102 Å². The van der Waals surface area contributed by atoms with Crippen molar-refractivity contribution < 1.29 is 42.7 Å². The fourth-order valence-corrected chi connectivity index (χ4v) is 4.49. The Labute approximate surface area is 273 Å². The van der Waals surface area contributed by atoms with Crippen LogP contribution in [0.15, 0.2) is 30.3 Å². The molecule has 9 nitrogen and oxygen atoms in total. The van der Waals surface area contributed by atoms with E-state index >= 15 is 0 Å². The number of carbonyl (C=O) groups is 1. The van der Waals surface area contributed by atoms with E-state index in [4.69, 9.17) is 37.9 Å². The predicted octanol–water partition coefficient (Wildman–Crippen LogP) is 7.05. The molecular formula is C36H64O9. The summed E-state index contributed by atoms with van der Waals surface area (Å²) in [6.07, 6.45) is 17.8. The summed E-state index contributed by atoms with van der Waals surface area (Å²) in [6, 6.07) is 8.89. The number of carbonyl (C=O) groups excluding carboxylic acids is 1. The van der Waals surface area contributed by atoms with Crippen LogP contribution in [-0.2, 0) is 37.9 Å². The standard InChI is InChI=1S/C36H64O9/c1-2-3-4-5-6-7-8-9-10-11-12-13-17-20-38-21-22-39-23-24-40-25-26-41-27-28-42-29-30-43-31-32-44-33-34-45-36(37)35-18-15-14-16-19-35/h14-16,18-19H,2-13,17,20-34H2,1H3. The SMILES string of the molecule is CCCCCCCCCCCCCCCOCCOCCOCCOCCOCCOCCOCCOC(=O)c1ccccc1. The lowest BCUT2D eigenvalue weighted by atomic mass is 10.0. The Morgan fingerprint density at radius 3 is 1.09 bits per heavy atom. The molecular weight excluding hydrogens is 576 g/mol. The molecule has 0 saturated carbocycles. The second kappa shape index (κ2) is 35.3. The van der Waals surface area contributed by atoms with Gasteiger partial charge in [-0.15, -0.1) is 0 Å². The zero-order valence-electron chi connectivity index (χ0n) is 28.4. The summed E-state index contributed by atoms with van der Waals surface area (Å²) in [6.45, 7) is 10.00. The van der Waals surface area contributed by atoms with Crippen molar-refractivity contribution in [2.75, 3.05) is 99.1 Å². The van der Waals surface area contributed by atoms with Crippen LogP contribution in [0.1, 0.15) is 101 Å². The van der Waals surface area contributed by atoms with Crippen LogP contribution in [0.25, 0.3) is 0 Å². The molecule has 0 fully saturated rings. The first-order valence-corrected chi connectivity index (χ1v) is 17.6. The molecule has 1 rings (SSSR count). The molecule has 0 unspecified atom stereocenters. The highest BCUT2D eigenvalue weighted by atomic mass is 16.6. The second-order valence-electron chi connectivity index (χ2n) is 11.0. The molecule has 9 heteroatoms. The van der Waals surface area contributed by atoms with Gasteiger partial charge in [-0.2, -0.15) is 0 Å². The maximum absolute atomic E-state index is 11.8. The van der Waals surface area contributed by atoms with Gasteiger partial charge < -0.3 is 37.9 Å². The molecule has 1 aromatic carbocycles. The number of ether oxygens (including phenoxy) is 8. The van der Waals surface area contributed by atoms with Crippen molar-refractivity contribution in [2.24, 2.45) is 0 Å². The average Bonchev–Trinajstić information content (AvgIpc) is 3.06. The van der Waals surface area contributed by atoms with Crippen molar-refractivity contribution in [1.82, 2.24) is 0 Å². The number of hydrogen-bond acceptors (Lipinski definition) is 9. The summed E-state index contributed by atoms with van der Waals surface area (Å²) in [5.74, 6) is -0.347. The van der Waals surface area contributed by atoms with E-state index in [1.165, 1.54) is 77.0 Å². The molecule has 0 aromatic heterocycles. The Balaban J connectivity index is 1.63. The van der Waals surface area contributed by atoms with E-state index in [0.29, 0.717) is 91.5 Å². The highest BCUT2D eigenvalue weighted by Gasteiger charge is 2.05. The van der Waals surface area contributed by atoms with Crippen LogP contribution in [-0.4, -0.2) is 105 Å². The van der Waals surface area contributed by atoms with Gasteiger partial charge >= 0.3 is 5.97 Å². The van der Waals surface area contributed by atoms with Crippen LogP contribution in [0, 0.1) is 0 Å². The van der Waals surface area contributed by atoms with E-state index in [9.17, 15) is 4.79 Å². The Morgan fingerprint density at radius 2 is 0.711 bits per heavy atom. The zero-order valence-corrected chi connectivity index (χ0v) is 28.4. The minimum atomic E-state index is -0.347. The van der Waals surface area contributed by atoms with Gasteiger partial charge in [0.1, 0.15) is 6.61 Å². The third-order valence-electron chi connectivity index (χ3n) is 7.09. The molecule has 0 amide bonds. The number of benzene rings is 1. The first-order chi connectivity index (χ1) is 22.3. The van der Waals surface area contributed by atoms with Crippen molar-refractivity contribution in [3.8, 4) is 0 Å². The van der Waals surface area contributed by atoms with Crippen LogP contribution in [0.2, 0.25) is 0 Å². The minimum Gasteiger partial charge on any atom is -0.460 e. The molecule has 0 N–H and O–H groups in total. The first-order valence-electron chi connectivity index (χ1n) is 17.6. The minimum absolute atomic E-state index is 0.213. The quantitative estimate of drug-likeness (QED) is 0.0565. The number of unbranched alkanes of at least 4 members (excludes halogenated alkanes) is 12. The Bertz CT molecular complexity index is 720. The van der Waals surface area contributed by atoms with E-state index in [2.05, 4.69) is 6.92 Å². The lowest BCUT2D eigenvalue weighted by molar-refractivity contribution is -0.0223. The van der Waals surface area contributed by atoms with Crippen molar-refractivity contribution in [3.63, 3.8) is 0 Å². The first kappa shape index (κ1) is 41.4. The van der Waals surface area contributed by atoms with Crippen LogP contribution >= 0.6 is 0 Å². The van der Waals surface area contributed by atoms with Crippen molar-refractivity contribution in [2.45, 2.75) is 90.4 Å². The fourth-order valence-electron chi connectivity index (χ4n) is 4.49. The van der Waals surface area contributed by atoms with Crippen molar-refractivity contribution in [3.05, 3.63) is 35.9 Å². The third kappa shape index (κ3) is 30.8. The highest BCUT2D eigenvalue weighted by molar-refractivity contribution is 5.89. The normalized spacial score (nSPS) is 11.3. The number of hydrogen-bond donors (Lipinski definition) is 0. The van der Waals surface area contributed by atoms with Gasteiger partial charge in [-0.3, -0.25) is 0 Å². The monoisotopic (exact) mass is 640 g/mol. The predicted molar refractivity (Wildman–Crippen MR) is 178 cm³/mol. The molecule has 0 atom stereocenters. The van der Waals surface area contributed by atoms with Gasteiger partial charge in [0.05, 0.1) is 91.5 Å². The molecule has 0 aliphatic carbocycles. The Hall–Kier alpha value is -1.59. The van der Waals surface area contributed by atoms with E-state index < -0.39 is 0 Å². The average molecular weight is 641 g/mol. The summed E-state index contributed by atoms with van der Waals surface area (Å²) in [7, 11) is 0. The largest absolute Gasteiger partial charge is 0.460 e. The Morgan fingerprint density at radius 1 is 0.400 bits per heavy atom. The summed E-state index contributed by atoms with van der Waals surface area (Å²) >= 11 is 0. The van der Waals surface area contributed by atoms with Gasteiger partial charge in [0.2, 0.25) is 0 Å². The van der Waals surface area contributed by atoms with Crippen LogP contribution < -0.4 is 0 Å². The van der Waals surface area contributed by atoms with E-state index in [1.807, 2.05) is 6.07 Å². The molecule has 0 aliphatic rings. The van der Waals surface area contributed by atoms with E-state index in [1.54, 1.807) is 24.3 Å². The topological polar surface area (TPSA) is 90.9 Å². The molecule has 1 aromatic rings. The van der Waals surface area contributed by atoms with Gasteiger partial charge in [0, 0.05) is 6.61 Å². The lowest BCUT2D eigenvalue weighted by Gasteiger charge is -2.09. The molecule has 0 radical (unpaired) electrons. The van der Waals surface area contributed by atoms with Gasteiger partial charge in [-0.05, 0) is 18.6 Å². The van der Waals surface area contributed by atoms with Crippen LogP contribution in [0.5, 0.6) is 0 Å². The lowest BCUT2D eigenvalue weighted by Crippen LogP contribution is -2.15. The summed E-state index contributed by atoms with van der Waals surface area (Å²) in [4.78, 5) is 11.8. The van der Waals surface area contributed by atoms with E-state index in [0.717, 1.165) is 13.0 Å². The Kier molecular flexibility index (Phi) is 32.5. The maximum Gasteiger partial charge on any atom is 0.338 e. The molecule has 0 bridgehead atoms. The van der Waals surface area contributed by atoms with Gasteiger partial charge in [0.25, 0.3) is 0 Å². The van der Waals surface area contributed by atoms with Crippen molar-refractivity contribution >= 4 is 5.97 Å². The molecule has 45 heavy (non-hydrogen) atoms. The highest BCUT2D eigenvalue weighted by Crippen LogP contribution is 2.12. The molecule has 0 saturated heterocycles. The summed E-state index contributed by atoms with van der Waals surface area (Å²) in [5.41, 5.74) is 0.534. The molecule has 0 aliphatic heterocycles. The zero-order chi connectivity index (χ0) is 32.1. The molecule has 262 valence electrons. The van der Waals surface area contributed by atoms with Gasteiger partial charge in [0.15, 0.2) is 0 Å². The number of rotatable bonds is 36. The van der Waals surface area contributed by atoms with Crippen LogP contribution in [0.3, 0.4) is 0 Å². The smallest absolute Gasteiger partial charge is 0.338 e. The summed E-state index contributed by atoms with van der Waals surface area (Å²) < 4.78 is 43.7.